The second kappa shape index (κ2) is 10.0. The zero-order chi connectivity index (χ0) is 24.1. The molecule has 0 radical (unpaired) electrons. The number of Topliss-reactive ketones (excluding diaryl/α,β-unsaturated/α-hetero) is 1. The number of amides is 1. The van der Waals surface area contributed by atoms with Gasteiger partial charge in [0, 0.05) is 11.6 Å². The molecule has 2 aromatic carbocycles. The fraction of sp³-hybridized carbons (Fsp3) is 0.261. The minimum atomic E-state index is -1.46. The predicted octanol–water partition coefficient (Wildman–Crippen LogP) is 1.65. The maximum atomic E-state index is 12.7. The van der Waals surface area contributed by atoms with Crippen molar-refractivity contribution in [2.75, 3.05) is 20.8 Å². The first-order valence-corrected chi connectivity index (χ1v) is 9.86. The summed E-state index contributed by atoms with van der Waals surface area (Å²) < 4.78 is 21.6. The van der Waals surface area contributed by atoms with Gasteiger partial charge >= 0.3 is 5.97 Å². The second-order valence-electron chi connectivity index (χ2n) is 7.12. The van der Waals surface area contributed by atoms with Crippen LogP contribution in [0.2, 0.25) is 0 Å². The summed E-state index contributed by atoms with van der Waals surface area (Å²) in [6.45, 7) is 0.758. The molecule has 10 heteroatoms. The van der Waals surface area contributed by atoms with Crippen LogP contribution in [0.3, 0.4) is 0 Å². The average molecular weight is 457 g/mol. The van der Waals surface area contributed by atoms with Crippen LogP contribution in [0.1, 0.15) is 22.8 Å². The Labute approximate surface area is 189 Å². The molecule has 2 atom stereocenters. The number of aliphatic hydroxyl groups is 1. The van der Waals surface area contributed by atoms with Gasteiger partial charge in [-0.3, -0.25) is 9.59 Å². The standard InChI is InChI=1S/C23H23NO9/c1-12(25)21(23(28)29)24-20(26)11-32-15-4-6-16-18(10-15)33-19(22(16)27)9-13-8-14(30-2)5-7-17(13)31-3/h4-10,12,21,25H,11H2,1-3H3,(H,24,26)(H,28,29)/t12-,21-/m1/s1. The van der Waals surface area contributed by atoms with Crippen molar-refractivity contribution in [3.8, 4) is 23.0 Å². The van der Waals surface area contributed by atoms with Crippen LogP contribution in [-0.2, 0) is 9.59 Å². The molecule has 174 valence electrons. The number of hydrogen-bond acceptors (Lipinski definition) is 8. The van der Waals surface area contributed by atoms with E-state index < -0.39 is 30.6 Å². The minimum Gasteiger partial charge on any atom is -0.497 e. The second-order valence-corrected chi connectivity index (χ2v) is 7.12. The third kappa shape index (κ3) is 5.42. The molecule has 33 heavy (non-hydrogen) atoms. The van der Waals surface area contributed by atoms with Gasteiger partial charge in [-0.05, 0) is 43.3 Å². The summed E-state index contributed by atoms with van der Waals surface area (Å²) in [6, 6.07) is 8.14. The predicted molar refractivity (Wildman–Crippen MR) is 116 cm³/mol. The summed E-state index contributed by atoms with van der Waals surface area (Å²) in [5.41, 5.74) is 0.909. The molecule has 1 heterocycles. The van der Waals surface area contributed by atoms with Crippen LogP contribution in [0.25, 0.3) is 6.08 Å². The number of methoxy groups -OCH3 is 2. The lowest BCUT2D eigenvalue weighted by atomic mass is 10.1. The van der Waals surface area contributed by atoms with E-state index in [1.54, 1.807) is 24.3 Å². The van der Waals surface area contributed by atoms with Gasteiger partial charge in [-0.25, -0.2) is 4.79 Å². The number of ketones is 1. The van der Waals surface area contributed by atoms with Crippen molar-refractivity contribution >= 4 is 23.7 Å². The molecule has 0 aliphatic carbocycles. The number of benzene rings is 2. The smallest absolute Gasteiger partial charge is 0.328 e. The van der Waals surface area contributed by atoms with Gasteiger partial charge in [0.25, 0.3) is 5.91 Å². The van der Waals surface area contributed by atoms with E-state index in [0.717, 1.165) is 0 Å². The van der Waals surface area contributed by atoms with Gasteiger partial charge in [0.2, 0.25) is 5.78 Å². The Balaban J connectivity index is 1.72. The molecule has 0 aromatic heterocycles. The topological polar surface area (TPSA) is 141 Å². The molecule has 1 aliphatic rings. The number of ether oxygens (including phenoxy) is 4. The molecule has 2 aromatic rings. The average Bonchev–Trinajstić information content (AvgIpc) is 3.10. The van der Waals surface area contributed by atoms with Gasteiger partial charge in [0.1, 0.15) is 23.0 Å². The molecule has 3 N–H and O–H groups in total. The number of aliphatic carboxylic acids is 1. The highest BCUT2D eigenvalue weighted by Gasteiger charge is 2.29. The van der Waals surface area contributed by atoms with E-state index in [4.69, 9.17) is 24.1 Å². The van der Waals surface area contributed by atoms with Crippen LogP contribution in [0.5, 0.6) is 23.0 Å². The minimum absolute atomic E-state index is 0.0766. The number of carbonyl (C=O) groups is 3. The van der Waals surface area contributed by atoms with Crippen LogP contribution in [0.4, 0.5) is 0 Å². The lowest BCUT2D eigenvalue weighted by Crippen LogP contribution is -2.49. The number of nitrogens with one attached hydrogen (secondary N) is 1. The highest BCUT2D eigenvalue weighted by atomic mass is 16.5. The summed E-state index contributed by atoms with van der Waals surface area (Å²) in [5, 5.41) is 20.6. The molecule has 3 rings (SSSR count). The van der Waals surface area contributed by atoms with Gasteiger partial charge in [-0.1, -0.05) is 0 Å². The number of carbonyl (C=O) groups excluding carboxylic acids is 2. The lowest BCUT2D eigenvalue weighted by molar-refractivity contribution is -0.145. The summed E-state index contributed by atoms with van der Waals surface area (Å²) in [7, 11) is 3.04. The van der Waals surface area contributed by atoms with Crippen molar-refractivity contribution < 1.29 is 43.5 Å². The van der Waals surface area contributed by atoms with Gasteiger partial charge in [-0.15, -0.1) is 0 Å². The number of fused-ring (bicyclic) bond motifs is 1. The quantitative estimate of drug-likeness (QED) is 0.479. The monoisotopic (exact) mass is 457 g/mol. The van der Waals surface area contributed by atoms with Crippen LogP contribution in [0.15, 0.2) is 42.2 Å². The number of carboxylic acids is 1. The maximum Gasteiger partial charge on any atom is 0.328 e. The normalized spacial score (nSPS) is 15.3. The first kappa shape index (κ1) is 23.6. The van der Waals surface area contributed by atoms with E-state index in [0.29, 0.717) is 22.6 Å². The number of aliphatic hydroxyl groups excluding tert-OH is 1. The van der Waals surface area contributed by atoms with Crippen LogP contribution in [-0.4, -0.2) is 60.8 Å². The molecular weight excluding hydrogens is 434 g/mol. The first-order chi connectivity index (χ1) is 15.7. The third-order valence-corrected chi connectivity index (χ3v) is 4.80. The lowest BCUT2D eigenvalue weighted by Gasteiger charge is -2.17. The molecule has 0 saturated carbocycles. The Bertz CT molecular complexity index is 1110. The zero-order valence-electron chi connectivity index (χ0n) is 18.2. The first-order valence-electron chi connectivity index (χ1n) is 9.86. The van der Waals surface area contributed by atoms with Crippen LogP contribution in [0, 0.1) is 0 Å². The largest absolute Gasteiger partial charge is 0.497 e. The molecule has 1 amide bonds. The SMILES string of the molecule is COc1ccc(OC)c(C=C2Oc3cc(OCC(=O)N[C@@H](C(=O)O)[C@@H](C)O)ccc3C2=O)c1. The van der Waals surface area contributed by atoms with Gasteiger partial charge in [0.15, 0.2) is 18.4 Å². The molecular formula is C23H23NO9. The van der Waals surface area contributed by atoms with Crippen LogP contribution < -0.4 is 24.3 Å². The molecule has 0 saturated heterocycles. The van der Waals surface area contributed by atoms with Crippen LogP contribution >= 0.6 is 0 Å². The van der Waals surface area contributed by atoms with Gasteiger partial charge in [0.05, 0.1) is 25.9 Å². The molecule has 0 unspecified atom stereocenters. The highest BCUT2D eigenvalue weighted by Crippen LogP contribution is 2.36. The van der Waals surface area contributed by atoms with Crippen molar-refractivity contribution in [2.45, 2.75) is 19.1 Å². The van der Waals surface area contributed by atoms with E-state index in [1.807, 2.05) is 0 Å². The van der Waals surface area contributed by atoms with E-state index in [-0.39, 0.29) is 23.0 Å². The van der Waals surface area contributed by atoms with Crippen molar-refractivity contribution in [1.29, 1.82) is 0 Å². The van der Waals surface area contributed by atoms with E-state index >= 15 is 0 Å². The summed E-state index contributed by atoms with van der Waals surface area (Å²) in [5.74, 6) is -0.753. The molecule has 0 spiro atoms. The number of carboxylic acid groups (broad SMARTS) is 1. The Hall–Kier alpha value is -4.05. The van der Waals surface area contributed by atoms with Crippen molar-refractivity contribution in [3.05, 3.63) is 53.3 Å². The zero-order valence-corrected chi connectivity index (χ0v) is 18.2. The number of allylic oxidation sites excluding steroid dienone is 1. The fourth-order valence-corrected chi connectivity index (χ4v) is 3.10. The molecule has 1 aliphatic heterocycles. The molecule has 0 bridgehead atoms. The van der Waals surface area contributed by atoms with E-state index in [1.165, 1.54) is 39.3 Å². The summed E-state index contributed by atoms with van der Waals surface area (Å²) in [4.78, 5) is 35.8. The van der Waals surface area contributed by atoms with Crippen molar-refractivity contribution in [3.63, 3.8) is 0 Å². The number of rotatable bonds is 9. The summed E-state index contributed by atoms with van der Waals surface area (Å²) >= 11 is 0. The molecule has 0 fully saturated rings. The maximum absolute atomic E-state index is 12.7. The number of hydrogen-bond donors (Lipinski definition) is 3. The van der Waals surface area contributed by atoms with E-state index in [2.05, 4.69) is 5.32 Å². The fourth-order valence-electron chi connectivity index (χ4n) is 3.10. The Morgan fingerprint density at radius 3 is 2.48 bits per heavy atom. The Morgan fingerprint density at radius 2 is 1.85 bits per heavy atom. The van der Waals surface area contributed by atoms with Gasteiger partial charge in [-0.2, -0.15) is 0 Å². The Morgan fingerprint density at radius 1 is 1.12 bits per heavy atom. The van der Waals surface area contributed by atoms with Crippen molar-refractivity contribution in [1.82, 2.24) is 5.32 Å². The summed E-state index contributed by atoms with van der Waals surface area (Å²) in [6.07, 6.45) is 0.263. The Kier molecular flexibility index (Phi) is 7.19. The van der Waals surface area contributed by atoms with Gasteiger partial charge < -0.3 is 34.5 Å². The highest BCUT2D eigenvalue weighted by molar-refractivity contribution is 6.14. The van der Waals surface area contributed by atoms with Crippen molar-refractivity contribution in [2.24, 2.45) is 0 Å². The van der Waals surface area contributed by atoms with E-state index in [9.17, 15) is 19.5 Å². The molecule has 10 nitrogen and oxygen atoms in total. The third-order valence-electron chi connectivity index (χ3n) is 4.80.